The quantitative estimate of drug-likeness (QED) is 0.598. The van der Waals surface area contributed by atoms with Crippen LogP contribution in [0.3, 0.4) is 0 Å². The van der Waals surface area contributed by atoms with E-state index in [2.05, 4.69) is 10.3 Å². The van der Waals surface area contributed by atoms with Gasteiger partial charge in [-0.15, -0.1) is 0 Å². The molecule has 0 aliphatic heterocycles. The number of anilines is 1. The average Bonchev–Trinajstić information content (AvgIpc) is 2.35. The van der Waals surface area contributed by atoms with Crippen LogP contribution >= 0.6 is 0 Å². The van der Waals surface area contributed by atoms with Crippen LogP contribution in [0.5, 0.6) is 0 Å². The summed E-state index contributed by atoms with van der Waals surface area (Å²) in [7, 11) is 0. The number of esters is 1. The van der Waals surface area contributed by atoms with Crippen LogP contribution in [0.1, 0.15) is 25.3 Å². The van der Waals surface area contributed by atoms with Gasteiger partial charge in [0.15, 0.2) is 0 Å². The van der Waals surface area contributed by atoms with E-state index >= 15 is 0 Å². The summed E-state index contributed by atoms with van der Waals surface area (Å²) in [4.78, 5) is 15.1. The van der Waals surface area contributed by atoms with E-state index in [0.29, 0.717) is 37.4 Å². The summed E-state index contributed by atoms with van der Waals surface area (Å²) in [6.45, 7) is 2.83. The van der Waals surface area contributed by atoms with Gasteiger partial charge in [0.05, 0.1) is 18.2 Å². The highest BCUT2D eigenvalue weighted by Gasteiger charge is 2.01. The monoisotopic (exact) mass is 233 g/mol. The highest BCUT2D eigenvalue weighted by molar-refractivity contribution is 5.69. The molecule has 0 unspecified atom stereocenters. The van der Waals surface area contributed by atoms with Crippen molar-refractivity contribution in [3.05, 3.63) is 23.9 Å². The maximum Gasteiger partial charge on any atom is 0.305 e. The zero-order valence-electron chi connectivity index (χ0n) is 9.77. The normalized spacial score (nSPS) is 9.41. The summed E-state index contributed by atoms with van der Waals surface area (Å²) >= 11 is 0. The number of aromatic nitrogens is 1. The Morgan fingerprint density at radius 3 is 3.18 bits per heavy atom. The Kier molecular flexibility index (Phi) is 5.52. The predicted molar refractivity (Wildman–Crippen MR) is 63.3 cm³/mol. The topological polar surface area (TPSA) is 75.0 Å². The average molecular weight is 233 g/mol. The molecule has 0 atom stereocenters. The molecule has 5 nitrogen and oxygen atoms in total. The molecule has 0 amide bonds. The Labute approximate surface area is 100 Å². The van der Waals surface area contributed by atoms with E-state index in [1.165, 1.54) is 0 Å². The molecule has 1 N–H and O–H groups in total. The molecular weight excluding hydrogens is 218 g/mol. The number of rotatable bonds is 6. The Balaban J connectivity index is 2.27. The Morgan fingerprint density at radius 1 is 1.65 bits per heavy atom. The predicted octanol–water partition coefficient (Wildman–Crippen LogP) is 1.71. The number of carbonyl (C=O) groups is 1. The molecule has 0 saturated carbocycles. The fourth-order valence-corrected chi connectivity index (χ4v) is 1.28. The SMILES string of the molecule is CCOC(=O)CCCNc1cc(C#N)ccn1. The van der Waals surface area contributed by atoms with E-state index in [0.717, 1.165) is 0 Å². The molecule has 0 bridgehead atoms. The van der Waals surface area contributed by atoms with Gasteiger partial charge in [-0.05, 0) is 25.5 Å². The fourth-order valence-electron chi connectivity index (χ4n) is 1.28. The van der Waals surface area contributed by atoms with E-state index in [1.54, 1.807) is 25.3 Å². The van der Waals surface area contributed by atoms with Gasteiger partial charge < -0.3 is 10.1 Å². The lowest BCUT2D eigenvalue weighted by Crippen LogP contribution is -2.08. The van der Waals surface area contributed by atoms with Crippen molar-refractivity contribution in [2.24, 2.45) is 0 Å². The molecule has 1 heterocycles. The van der Waals surface area contributed by atoms with Crippen LogP contribution in [0.25, 0.3) is 0 Å². The van der Waals surface area contributed by atoms with E-state index in [1.807, 2.05) is 6.07 Å². The summed E-state index contributed by atoms with van der Waals surface area (Å²) in [6.07, 6.45) is 2.64. The second kappa shape index (κ2) is 7.23. The van der Waals surface area contributed by atoms with Crippen LogP contribution < -0.4 is 5.32 Å². The minimum absolute atomic E-state index is 0.187. The van der Waals surface area contributed by atoms with Crippen molar-refractivity contribution in [1.82, 2.24) is 4.98 Å². The molecule has 17 heavy (non-hydrogen) atoms. The summed E-state index contributed by atoms with van der Waals surface area (Å²) in [5.41, 5.74) is 0.563. The number of carbonyl (C=O) groups excluding carboxylic acids is 1. The number of nitrogens with zero attached hydrogens (tertiary/aromatic N) is 2. The van der Waals surface area contributed by atoms with Gasteiger partial charge in [0.25, 0.3) is 0 Å². The smallest absolute Gasteiger partial charge is 0.305 e. The van der Waals surface area contributed by atoms with Gasteiger partial charge >= 0.3 is 5.97 Å². The van der Waals surface area contributed by atoms with Crippen LogP contribution in [-0.2, 0) is 9.53 Å². The van der Waals surface area contributed by atoms with Crippen LogP contribution in [0.4, 0.5) is 5.82 Å². The van der Waals surface area contributed by atoms with Crippen LogP contribution in [0.15, 0.2) is 18.3 Å². The van der Waals surface area contributed by atoms with Gasteiger partial charge in [-0.2, -0.15) is 5.26 Å². The fraction of sp³-hybridized carbons (Fsp3) is 0.417. The first-order chi connectivity index (χ1) is 8.26. The highest BCUT2D eigenvalue weighted by atomic mass is 16.5. The van der Waals surface area contributed by atoms with Gasteiger partial charge in [0, 0.05) is 19.2 Å². The van der Waals surface area contributed by atoms with Crippen LogP contribution in [-0.4, -0.2) is 24.1 Å². The van der Waals surface area contributed by atoms with Gasteiger partial charge in [-0.1, -0.05) is 0 Å². The van der Waals surface area contributed by atoms with Crippen LogP contribution in [0, 0.1) is 11.3 Å². The largest absolute Gasteiger partial charge is 0.466 e. The Morgan fingerprint density at radius 2 is 2.47 bits per heavy atom. The van der Waals surface area contributed by atoms with Gasteiger partial charge in [0.2, 0.25) is 0 Å². The van der Waals surface area contributed by atoms with Gasteiger partial charge in [-0.3, -0.25) is 4.79 Å². The molecule has 1 rings (SSSR count). The molecule has 1 aromatic heterocycles. The summed E-state index contributed by atoms with van der Waals surface area (Å²) in [5.74, 6) is 0.459. The number of nitrogens with one attached hydrogen (secondary N) is 1. The summed E-state index contributed by atoms with van der Waals surface area (Å²) < 4.78 is 4.81. The van der Waals surface area contributed by atoms with E-state index in [4.69, 9.17) is 10.00 Å². The number of nitriles is 1. The van der Waals surface area contributed by atoms with Crippen molar-refractivity contribution in [2.45, 2.75) is 19.8 Å². The standard InChI is InChI=1S/C12H15N3O2/c1-2-17-12(16)4-3-6-14-11-8-10(9-13)5-7-15-11/h5,7-8H,2-4,6H2,1H3,(H,14,15). The van der Waals surface area contributed by atoms with Crippen molar-refractivity contribution in [3.8, 4) is 6.07 Å². The highest BCUT2D eigenvalue weighted by Crippen LogP contribution is 2.05. The van der Waals surface area contributed by atoms with E-state index < -0.39 is 0 Å². The third-order valence-corrected chi connectivity index (χ3v) is 2.06. The minimum atomic E-state index is -0.187. The molecular formula is C12H15N3O2. The molecule has 0 aromatic carbocycles. The molecule has 0 spiro atoms. The number of ether oxygens (including phenoxy) is 1. The molecule has 5 heteroatoms. The van der Waals surface area contributed by atoms with Crippen molar-refractivity contribution in [2.75, 3.05) is 18.5 Å². The third kappa shape index (κ3) is 4.98. The summed E-state index contributed by atoms with van der Waals surface area (Å²) in [5, 5.41) is 11.7. The maximum absolute atomic E-state index is 11.0. The molecule has 0 saturated heterocycles. The van der Waals surface area contributed by atoms with Gasteiger partial charge in [0.1, 0.15) is 5.82 Å². The van der Waals surface area contributed by atoms with Crippen molar-refractivity contribution >= 4 is 11.8 Å². The van der Waals surface area contributed by atoms with E-state index in [9.17, 15) is 4.79 Å². The molecule has 0 radical (unpaired) electrons. The lowest BCUT2D eigenvalue weighted by atomic mass is 10.3. The molecule has 0 fully saturated rings. The van der Waals surface area contributed by atoms with Crippen molar-refractivity contribution in [3.63, 3.8) is 0 Å². The Bertz CT molecular complexity index is 412. The maximum atomic E-state index is 11.0. The summed E-state index contributed by atoms with van der Waals surface area (Å²) in [6, 6.07) is 5.35. The molecule has 90 valence electrons. The van der Waals surface area contributed by atoms with Crippen molar-refractivity contribution in [1.29, 1.82) is 5.26 Å². The molecule has 1 aromatic rings. The Hall–Kier alpha value is -2.09. The zero-order valence-corrected chi connectivity index (χ0v) is 9.77. The van der Waals surface area contributed by atoms with Crippen molar-refractivity contribution < 1.29 is 9.53 Å². The zero-order chi connectivity index (χ0) is 12.5. The minimum Gasteiger partial charge on any atom is -0.466 e. The third-order valence-electron chi connectivity index (χ3n) is 2.06. The number of hydrogen-bond donors (Lipinski definition) is 1. The van der Waals surface area contributed by atoms with Crippen LogP contribution in [0.2, 0.25) is 0 Å². The lowest BCUT2D eigenvalue weighted by Gasteiger charge is -2.05. The molecule has 0 aliphatic carbocycles. The first-order valence-electron chi connectivity index (χ1n) is 5.52. The van der Waals surface area contributed by atoms with Gasteiger partial charge in [-0.25, -0.2) is 4.98 Å². The molecule has 0 aliphatic rings. The first-order valence-corrected chi connectivity index (χ1v) is 5.52. The second-order valence-electron chi connectivity index (χ2n) is 3.38. The second-order valence-corrected chi connectivity index (χ2v) is 3.38. The first kappa shape index (κ1) is 13.0. The number of pyridine rings is 1. The van der Waals surface area contributed by atoms with E-state index in [-0.39, 0.29) is 5.97 Å². The number of hydrogen-bond acceptors (Lipinski definition) is 5. The lowest BCUT2D eigenvalue weighted by molar-refractivity contribution is -0.143.